The van der Waals surface area contributed by atoms with Gasteiger partial charge in [-0.05, 0) is 13.8 Å². The number of ketones is 1. The Kier molecular flexibility index (Phi) is 5.37. The average Bonchev–Trinajstić information content (AvgIpc) is 1.87. The molecule has 4 heteroatoms. The van der Waals surface area contributed by atoms with Crippen molar-refractivity contribution >= 4 is 11.7 Å². The molecule has 64 valence electrons. The molecular formula is C7H13NO3. The van der Waals surface area contributed by atoms with Crippen LogP contribution in [-0.4, -0.2) is 31.4 Å². The minimum atomic E-state index is -0.186. The van der Waals surface area contributed by atoms with E-state index in [-0.39, 0.29) is 24.9 Å². The fraction of sp³-hybridized carbons (Fsp3) is 0.714. The second-order valence-electron chi connectivity index (χ2n) is 2.15. The Hall–Kier alpha value is -0.900. The van der Waals surface area contributed by atoms with E-state index in [4.69, 9.17) is 4.74 Å². The highest BCUT2D eigenvalue weighted by Crippen LogP contribution is 1.76. The van der Waals surface area contributed by atoms with E-state index in [9.17, 15) is 9.59 Å². The summed E-state index contributed by atoms with van der Waals surface area (Å²) < 4.78 is 4.75. The lowest BCUT2D eigenvalue weighted by atomic mass is 10.5. The zero-order valence-electron chi connectivity index (χ0n) is 6.85. The monoisotopic (exact) mass is 159 g/mol. The second kappa shape index (κ2) is 5.85. The Morgan fingerprint density at radius 2 is 2.00 bits per heavy atom. The molecule has 0 fully saturated rings. The third-order valence-corrected chi connectivity index (χ3v) is 0.912. The van der Waals surface area contributed by atoms with E-state index in [2.05, 4.69) is 5.32 Å². The fourth-order valence-electron chi connectivity index (χ4n) is 0.536. The zero-order chi connectivity index (χ0) is 8.69. The summed E-state index contributed by atoms with van der Waals surface area (Å²) in [5.41, 5.74) is 0. The highest BCUT2D eigenvalue weighted by molar-refractivity contribution is 5.79. The number of likely N-dealkylation sites (N-methyl/N-ethyl adjacent to an activating group) is 1. The third kappa shape index (κ3) is 6.99. The van der Waals surface area contributed by atoms with Crippen molar-refractivity contribution in [3.63, 3.8) is 0 Å². The molecule has 0 spiro atoms. The van der Waals surface area contributed by atoms with Crippen molar-refractivity contribution in [2.75, 3.05) is 19.8 Å². The first-order valence-corrected chi connectivity index (χ1v) is 3.50. The maximum absolute atomic E-state index is 10.7. The van der Waals surface area contributed by atoms with Gasteiger partial charge in [0.25, 0.3) is 0 Å². The maximum atomic E-state index is 10.7. The molecule has 0 radical (unpaired) electrons. The van der Waals surface area contributed by atoms with Crippen LogP contribution in [0.2, 0.25) is 0 Å². The number of hydrogen-bond acceptors (Lipinski definition) is 3. The lowest BCUT2D eigenvalue weighted by molar-refractivity contribution is -0.128. The number of ether oxygens (including phenoxy) is 1. The van der Waals surface area contributed by atoms with Crippen LogP contribution in [0.4, 0.5) is 0 Å². The molecular weight excluding hydrogens is 146 g/mol. The maximum Gasteiger partial charge on any atom is 0.246 e. The average molecular weight is 159 g/mol. The van der Waals surface area contributed by atoms with Crippen molar-refractivity contribution in [2.24, 2.45) is 0 Å². The number of carbonyl (C=O) groups excluding carboxylic acids is 2. The van der Waals surface area contributed by atoms with Crippen molar-refractivity contribution in [1.29, 1.82) is 0 Å². The van der Waals surface area contributed by atoms with Gasteiger partial charge in [-0.1, -0.05) is 0 Å². The minimum absolute atomic E-state index is 0.0110. The molecule has 0 aliphatic carbocycles. The van der Waals surface area contributed by atoms with E-state index in [1.54, 1.807) is 0 Å². The summed E-state index contributed by atoms with van der Waals surface area (Å²) in [6.07, 6.45) is 0. The van der Waals surface area contributed by atoms with Gasteiger partial charge < -0.3 is 10.1 Å². The number of amides is 1. The number of Topliss-reactive ketones (excluding diaryl/α,β-unsaturated/α-hetero) is 1. The fourth-order valence-corrected chi connectivity index (χ4v) is 0.536. The molecule has 0 aliphatic rings. The summed E-state index contributed by atoms with van der Waals surface area (Å²) >= 11 is 0. The zero-order valence-corrected chi connectivity index (χ0v) is 6.85. The van der Waals surface area contributed by atoms with E-state index >= 15 is 0 Å². The van der Waals surface area contributed by atoms with Crippen molar-refractivity contribution in [3.05, 3.63) is 0 Å². The van der Waals surface area contributed by atoms with Crippen LogP contribution >= 0.6 is 0 Å². The van der Waals surface area contributed by atoms with Crippen LogP contribution in [-0.2, 0) is 14.3 Å². The van der Waals surface area contributed by atoms with Gasteiger partial charge in [-0.2, -0.15) is 0 Å². The smallest absolute Gasteiger partial charge is 0.246 e. The number of hydrogen-bond donors (Lipinski definition) is 1. The van der Waals surface area contributed by atoms with E-state index < -0.39 is 0 Å². The Bertz CT molecular complexity index is 145. The van der Waals surface area contributed by atoms with Crippen molar-refractivity contribution in [3.8, 4) is 0 Å². The summed E-state index contributed by atoms with van der Waals surface area (Å²) in [7, 11) is 0. The summed E-state index contributed by atoms with van der Waals surface area (Å²) in [5.74, 6) is -0.261. The molecule has 0 aromatic heterocycles. The van der Waals surface area contributed by atoms with Crippen LogP contribution in [0.25, 0.3) is 0 Å². The quantitative estimate of drug-likeness (QED) is 0.600. The van der Waals surface area contributed by atoms with Gasteiger partial charge in [0, 0.05) is 6.54 Å². The largest absolute Gasteiger partial charge is 0.364 e. The summed E-state index contributed by atoms with van der Waals surface area (Å²) in [6, 6.07) is 0. The molecule has 0 aromatic rings. The van der Waals surface area contributed by atoms with Crippen LogP contribution in [0.15, 0.2) is 0 Å². The molecule has 0 unspecified atom stereocenters. The normalized spacial score (nSPS) is 9.27. The molecule has 0 saturated carbocycles. The molecule has 0 saturated heterocycles. The molecule has 0 atom stereocenters. The third-order valence-electron chi connectivity index (χ3n) is 0.912. The minimum Gasteiger partial charge on any atom is -0.364 e. The molecule has 0 bridgehead atoms. The van der Waals surface area contributed by atoms with Crippen LogP contribution in [0.1, 0.15) is 13.8 Å². The highest BCUT2D eigenvalue weighted by Gasteiger charge is 1.99. The van der Waals surface area contributed by atoms with E-state index in [0.717, 1.165) is 0 Å². The van der Waals surface area contributed by atoms with Crippen molar-refractivity contribution in [1.82, 2.24) is 5.32 Å². The lowest BCUT2D eigenvalue weighted by Gasteiger charge is -2.01. The van der Waals surface area contributed by atoms with Crippen LogP contribution < -0.4 is 5.32 Å². The predicted molar refractivity (Wildman–Crippen MR) is 40.2 cm³/mol. The molecule has 0 heterocycles. The molecule has 11 heavy (non-hydrogen) atoms. The first kappa shape index (κ1) is 10.1. The molecule has 1 amide bonds. The summed E-state index contributed by atoms with van der Waals surface area (Å²) in [5, 5.41) is 2.54. The number of rotatable bonds is 5. The first-order chi connectivity index (χ1) is 5.16. The van der Waals surface area contributed by atoms with Crippen LogP contribution in [0.5, 0.6) is 0 Å². The van der Waals surface area contributed by atoms with Crippen LogP contribution in [0, 0.1) is 0 Å². The first-order valence-electron chi connectivity index (χ1n) is 3.50. The van der Waals surface area contributed by atoms with Crippen molar-refractivity contribution in [2.45, 2.75) is 13.8 Å². The van der Waals surface area contributed by atoms with Gasteiger partial charge >= 0.3 is 0 Å². The standard InChI is InChI=1S/C7H13NO3/c1-3-8-7(10)5-11-4-6(2)9/h3-5H2,1-2H3,(H,8,10). The Labute approximate surface area is 65.9 Å². The van der Waals surface area contributed by atoms with E-state index in [1.165, 1.54) is 6.92 Å². The molecule has 0 rings (SSSR count). The van der Waals surface area contributed by atoms with Gasteiger partial charge in [0.15, 0.2) is 5.78 Å². The van der Waals surface area contributed by atoms with Gasteiger partial charge in [0.2, 0.25) is 5.91 Å². The van der Waals surface area contributed by atoms with Gasteiger partial charge in [-0.3, -0.25) is 9.59 Å². The van der Waals surface area contributed by atoms with Gasteiger partial charge in [0.05, 0.1) is 0 Å². The Morgan fingerprint density at radius 3 is 2.45 bits per heavy atom. The van der Waals surface area contributed by atoms with E-state index in [1.807, 2.05) is 6.92 Å². The molecule has 4 nitrogen and oxygen atoms in total. The summed E-state index contributed by atoms with van der Waals surface area (Å²) in [4.78, 5) is 21.0. The number of nitrogens with one attached hydrogen (secondary N) is 1. The summed E-state index contributed by atoms with van der Waals surface area (Å²) in [6.45, 7) is 3.80. The van der Waals surface area contributed by atoms with E-state index in [0.29, 0.717) is 6.54 Å². The van der Waals surface area contributed by atoms with Gasteiger partial charge in [-0.15, -0.1) is 0 Å². The Balaban J connectivity index is 3.24. The predicted octanol–water partition coefficient (Wildman–Crippen LogP) is -0.272. The van der Waals surface area contributed by atoms with Crippen LogP contribution in [0.3, 0.4) is 0 Å². The van der Waals surface area contributed by atoms with Gasteiger partial charge in [-0.25, -0.2) is 0 Å². The molecule has 0 aromatic carbocycles. The molecule has 0 aliphatic heterocycles. The van der Waals surface area contributed by atoms with Crippen molar-refractivity contribution < 1.29 is 14.3 Å². The SMILES string of the molecule is CCNC(=O)COCC(C)=O. The highest BCUT2D eigenvalue weighted by atomic mass is 16.5. The van der Waals surface area contributed by atoms with Gasteiger partial charge in [0.1, 0.15) is 13.2 Å². The lowest BCUT2D eigenvalue weighted by Crippen LogP contribution is -2.27. The topological polar surface area (TPSA) is 55.4 Å². The number of carbonyl (C=O) groups is 2. The Morgan fingerprint density at radius 1 is 1.36 bits per heavy atom. The second-order valence-corrected chi connectivity index (χ2v) is 2.15. The molecule has 1 N–H and O–H groups in total.